The van der Waals surface area contributed by atoms with Crippen LogP contribution in [-0.2, 0) is 4.79 Å². The Balaban J connectivity index is 1.31. The van der Waals surface area contributed by atoms with Gasteiger partial charge in [-0.2, -0.15) is 0 Å². The van der Waals surface area contributed by atoms with E-state index in [9.17, 15) is 4.79 Å². The van der Waals surface area contributed by atoms with Crippen molar-refractivity contribution in [1.29, 1.82) is 0 Å². The molecule has 0 aliphatic heterocycles. The van der Waals surface area contributed by atoms with Gasteiger partial charge in [0.1, 0.15) is 0 Å². The van der Waals surface area contributed by atoms with Crippen molar-refractivity contribution < 1.29 is 4.79 Å². The molecular formula is C18H28ClNO. The summed E-state index contributed by atoms with van der Waals surface area (Å²) in [6.07, 6.45) is 11.4. The number of amides is 1. The number of carbonyl (C=O) groups is 1. The molecule has 118 valence electrons. The van der Waals surface area contributed by atoms with Crippen LogP contribution in [0.3, 0.4) is 0 Å². The predicted molar refractivity (Wildman–Crippen MR) is 85.1 cm³/mol. The standard InChI is InChI=1S/C18H28ClNO/c19-16-3-1-11(2-4-16)10-20-18(21)17-14-6-12-5-13(8-14)9-15(17)7-12/h11-17H,1-10H2,(H,20,21). The summed E-state index contributed by atoms with van der Waals surface area (Å²) in [6.45, 7) is 0.894. The molecule has 5 rings (SSSR count). The lowest BCUT2D eigenvalue weighted by Crippen LogP contribution is -2.51. The van der Waals surface area contributed by atoms with Crippen molar-refractivity contribution in [2.45, 2.75) is 63.2 Å². The van der Waals surface area contributed by atoms with E-state index in [0.29, 0.717) is 35.0 Å². The number of alkyl halides is 1. The summed E-state index contributed by atoms with van der Waals surface area (Å²) in [5.41, 5.74) is 0. The van der Waals surface area contributed by atoms with Crippen molar-refractivity contribution in [2.75, 3.05) is 6.54 Å². The molecule has 1 N–H and O–H groups in total. The molecule has 0 aromatic rings. The molecular weight excluding hydrogens is 282 g/mol. The molecule has 0 aromatic carbocycles. The number of halogens is 1. The summed E-state index contributed by atoms with van der Waals surface area (Å²) in [5, 5.41) is 3.69. The largest absolute Gasteiger partial charge is 0.356 e. The Hall–Kier alpha value is -0.240. The summed E-state index contributed by atoms with van der Waals surface area (Å²) in [5.74, 6) is 4.73. The zero-order valence-electron chi connectivity index (χ0n) is 12.9. The third-order valence-electron chi connectivity index (χ3n) is 6.87. The lowest BCUT2D eigenvalue weighted by Gasteiger charge is -2.53. The maximum absolute atomic E-state index is 12.7. The first-order valence-corrected chi connectivity index (χ1v) is 9.54. The molecule has 4 bridgehead atoms. The second-order valence-corrected chi connectivity index (χ2v) is 8.94. The lowest BCUT2D eigenvalue weighted by atomic mass is 9.51. The molecule has 0 unspecified atom stereocenters. The van der Waals surface area contributed by atoms with E-state index in [1.54, 1.807) is 0 Å². The van der Waals surface area contributed by atoms with E-state index < -0.39 is 0 Å². The molecule has 3 heteroatoms. The second kappa shape index (κ2) is 5.76. The van der Waals surface area contributed by atoms with E-state index in [-0.39, 0.29) is 0 Å². The van der Waals surface area contributed by atoms with Crippen molar-refractivity contribution in [1.82, 2.24) is 5.32 Å². The van der Waals surface area contributed by atoms with E-state index in [0.717, 1.165) is 31.2 Å². The molecule has 5 fully saturated rings. The molecule has 0 atom stereocenters. The smallest absolute Gasteiger partial charge is 0.223 e. The van der Waals surface area contributed by atoms with Crippen molar-refractivity contribution in [3.05, 3.63) is 0 Å². The van der Waals surface area contributed by atoms with E-state index >= 15 is 0 Å². The molecule has 2 nitrogen and oxygen atoms in total. The summed E-state index contributed by atoms with van der Waals surface area (Å²) < 4.78 is 0. The highest BCUT2D eigenvalue weighted by Gasteiger charge is 2.50. The lowest BCUT2D eigenvalue weighted by molar-refractivity contribution is -0.138. The fraction of sp³-hybridized carbons (Fsp3) is 0.944. The Labute approximate surface area is 133 Å². The maximum atomic E-state index is 12.7. The first-order chi connectivity index (χ1) is 10.2. The molecule has 0 aromatic heterocycles. The van der Waals surface area contributed by atoms with E-state index in [1.807, 2.05) is 0 Å². The predicted octanol–water partition coefficient (Wildman–Crippen LogP) is 3.97. The molecule has 0 saturated heterocycles. The molecule has 0 spiro atoms. The number of hydrogen-bond donors (Lipinski definition) is 1. The Morgan fingerprint density at radius 3 is 2.05 bits per heavy atom. The van der Waals surface area contributed by atoms with Gasteiger partial charge >= 0.3 is 0 Å². The van der Waals surface area contributed by atoms with Gasteiger partial charge in [0.05, 0.1) is 0 Å². The highest BCUT2D eigenvalue weighted by atomic mass is 35.5. The van der Waals surface area contributed by atoms with Crippen LogP contribution in [0.5, 0.6) is 0 Å². The minimum atomic E-state index is 0.349. The molecule has 5 saturated carbocycles. The third kappa shape index (κ3) is 2.85. The van der Waals surface area contributed by atoms with Gasteiger partial charge in [-0.25, -0.2) is 0 Å². The molecule has 5 aliphatic rings. The molecule has 0 radical (unpaired) electrons. The third-order valence-corrected chi connectivity index (χ3v) is 7.31. The first-order valence-electron chi connectivity index (χ1n) is 9.10. The van der Waals surface area contributed by atoms with Crippen LogP contribution in [0.15, 0.2) is 0 Å². The van der Waals surface area contributed by atoms with Crippen LogP contribution in [0.25, 0.3) is 0 Å². The van der Waals surface area contributed by atoms with Crippen molar-refractivity contribution >= 4 is 17.5 Å². The van der Waals surface area contributed by atoms with Crippen LogP contribution >= 0.6 is 11.6 Å². The van der Waals surface area contributed by atoms with Gasteiger partial charge in [-0.1, -0.05) is 0 Å². The summed E-state index contributed by atoms with van der Waals surface area (Å²) in [4.78, 5) is 12.7. The van der Waals surface area contributed by atoms with Gasteiger partial charge < -0.3 is 5.32 Å². The van der Waals surface area contributed by atoms with Crippen LogP contribution < -0.4 is 5.32 Å². The molecule has 21 heavy (non-hydrogen) atoms. The van der Waals surface area contributed by atoms with Gasteiger partial charge in [0.15, 0.2) is 0 Å². The van der Waals surface area contributed by atoms with E-state index in [2.05, 4.69) is 5.32 Å². The molecule has 0 heterocycles. The average Bonchev–Trinajstić information content (AvgIpc) is 2.45. The fourth-order valence-electron chi connectivity index (χ4n) is 6.04. The fourth-order valence-corrected chi connectivity index (χ4v) is 6.29. The number of hydrogen-bond acceptors (Lipinski definition) is 1. The topological polar surface area (TPSA) is 29.1 Å². The summed E-state index contributed by atoms with van der Waals surface area (Å²) in [7, 11) is 0. The SMILES string of the molecule is O=C(NCC1CCC(Cl)CC1)C1C2CC3CC(C2)CC1C3. The highest BCUT2D eigenvalue weighted by molar-refractivity contribution is 6.20. The van der Waals surface area contributed by atoms with Crippen LogP contribution in [-0.4, -0.2) is 17.8 Å². The monoisotopic (exact) mass is 309 g/mol. The van der Waals surface area contributed by atoms with Gasteiger partial charge in [0, 0.05) is 17.8 Å². The van der Waals surface area contributed by atoms with Gasteiger partial charge in [0.2, 0.25) is 5.91 Å². The van der Waals surface area contributed by atoms with Crippen LogP contribution in [0.4, 0.5) is 0 Å². The molecule has 1 amide bonds. The zero-order valence-corrected chi connectivity index (χ0v) is 13.7. The Kier molecular flexibility index (Phi) is 3.94. The Morgan fingerprint density at radius 1 is 0.905 bits per heavy atom. The first kappa shape index (κ1) is 14.4. The zero-order chi connectivity index (χ0) is 14.4. The minimum Gasteiger partial charge on any atom is -0.356 e. The van der Waals surface area contributed by atoms with E-state index in [1.165, 1.54) is 44.9 Å². The van der Waals surface area contributed by atoms with Gasteiger partial charge in [-0.15, -0.1) is 11.6 Å². The van der Waals surface area contributed by atoms with Crippen molar-refractivity contribution in [3.63, 3.8) is 0 Å². The van der Waals surface area contributed by atoms with Crippen molar-refractivity contribution in [3.8, 4) is 0 Å². The number of nitrogens with one attached hydrogen (secondary N) is 1. The van der Waals surface area contributed by atoms with Crippen LogP contribution in [0, 0.1) is 35.5 Å². The van der Waals surface area contributed by atoms with Crippen molar-refractivity contribution in [2.24, 2.45) is 35.5 Å². The number of carbonyl (C=O) groups excluding carboxylic acids is 1. The summed E-state index contributed by atoms with van der Waals surface area (Å²) in [6, 6.07) is 0. The summed E-state index contributed by atoms with van der Waals surface area (Å²) >= 11 is 6.16. The maximum Gasteiger partial charge on any atom is 0.223 e. The normalized spacial score (nSPS) is 48.3. The molecule has 5 aliphatic carbocycles. The quantitative estimate of drug-likeness (QED) is 0.785. The minimum absolute atomic E-state index is 0.349. The van der Waals surface area contributed by atoms with Gasteiger partial charge in [-0.3, -0.25) is 4.79 Å². The second-order valence-electron chi connectivity index (χ2n) is 8.32. The highest BCUT2D eigenvalue weighted by Crippen LogP contribution is 2.56. The Morgan fingerprint density at radius 2 is 1.48 bits per heavy atom. The van der Waals surface area contributed by atoms with Crippen LogP contribution in [0.1, 0.15) is 57.8 Å². The van der Waals surface area contributed by atoms with Gasteiger partial charge in [-0.05, 0) is 87.4 Å². The Bertz CT molecular complexity index is 374. The average molecular weight is 310 g/mol. The van der Waals surface area contributed by atoms with Crippen LogP contribution in [0.2, 0.25) is 0 Å². The van der Waals surface area contributed by atoms with Gasteiger partial charge in [0.25, 0.3) is 0 Å². The van der Waals surface area contributed by atoms with E-state index in [4.69, 9.17) is 11.6 Å². The number of rotatable bonds is 3.